The number of rotatable bonds is 1. The number of piperazine rings is 1. The molecule has 0 bridgehead atoms. The second-order valence-electron chi connectivity index (χ2n) is 6.12. The highest BCUT2D eigenvalue weighted by Crippen LogP contribution is 2.40. The zero-order chi connectivity index (χ0) is 15.3. The van der Waals surface area contributed by atoms with Crippen molar-refractivity contribution >= 4 is 17.2 Å². The predicted octanol–water partition coefficient (Wildman–Crippen LogP) is 2.23. The molecule has 4 heteroatoms. The van der Waals surface area contributed by atoms with Gasteiger partial charge in [0.15, 0.2) is 5.78 Å². The predicted molar refractivity (Wildman–Crippen MR) is 89.4 cm³/mol. The molecule has 22 heavy (non-hydrogen) atoms. The molecule has 0 unspecified atom stereocenters. The molecule has 0 saturated carbocycles. The first-order valence-corrected chi connectivity index (χ1v) is 7.66. The summed E-state index contributed by atoms with van der Waals surface area (Å²) >= 11 is 0. The Morgan fingerprint density at radius 3 is 2.50 bits per heavy atom. The fourth-order valence-corrected chi connectivity index (χ4v) is 3.40. The molecule has 2 aromatic carbocycles. The van der Waals surface area contributed by atoms with Crippen LogP contribution in [-0.4, -0.2) is 43.9 Å². The topological polar surface area (TPSA) is 49.6 Å². The van der Waals surface area contributed by atoms with Crippen LogP contribution in [0.5, 0.6) is 0 Å². The van der Waals surface area contributed by atoms with E-state index in [-0.39, 0.29) is 5.78 Å². The Morgan fingerprint density at radius 1 is 0.955 bits per heavy atom. The summed E-state index contributed by atoms with van der Waals surface area (Å²) in [4.78, 5) is 17.4. The minimum absolute atomic E-state index is 0.0547. The van der Waals surface area contributed by atoms with Gasteiger partial charge in [0.25, 0.3) is 0 Å². The smallest absolute Gasteiger partial charge is 0.196 e. The molecule has 0 aromatic heterocycles. The van der Waals surface area contributed by atoms with Gasteiger partial charge in [-0.2, -0.15) is 0 Å². The molecular formula is C18H19N3O. The van der Waals surface area contributed by atoms with Crippen molar-refractivity contribution in [1.82, 2.24) is 4.90 Å². The van der Waals surface area contributed by atoms with Crippen molar-refractivity contribution in [3.63, 3.8) is 0 Å². The van der Waals surface area contributed by atoms with Crippen LogP contribution in [0.4, 0.5) is 11.4 Å². The number of likely N-dealkylation sites (N-methyl/N-ethyl adjacent to an activating group) is 1. The molecule has 1 fully saturated rings. The molecule has 1 heterocycles. The van der Waals surface area contributed by atoms with Gasteiger partial charge in [-0.15, -0.1) is 0 Å². The van der Waals surface area contributed by atoms with Crippen LogP contribution < -0.4 is 10.6 Å². The minimum Gasteiger partial charge on any atom is -0.398 e. The highest BCUT2D eigenvalue weighted by atomic mass is 16.1. The van der Waals surface area contributed by atoms with Crippen molar-refractivity contribution in [1.29, 1.82) is 0 Å². The molecule has 0 amide bonds. The zero-order valence-corrected chi connectivity index (χ0v) is 12.7. The maximum atomic E-state index is 12.7. The lowest BCUT2D eigenvalue weighted by atomic mass is 10.0. The van der Waals surface area contributed by atoms with Gasteiger partial charge < -0.3 is 15.5 Å². The maximum Gasteiger partial charge on any atom is 0.196 e. The van der Waals surface area contributed by atoms with Gasteiger partial charge in [-0.25, -0.2) is 0 Å². The molecule has 4 nitrogen and oxygen atoms in total. The normalized spacial score (nSPS) is 17.5. The summed E-state index contributed by atoms with van der Waals surface area (Å²) in [6.07, 6.45) is 0. The van der Waals surface area contributed by atoms with E-state index in [9.17, 15) is 4.79 Å². The lowest BCUT2D eigenvalue weighted by Gasteiger charge is -2.34. The number of nitrogens with zero attached hydrogens (tertiary/aromatic N) is 2. The van der Waals surface area contributed by atoms with E-state index >= 15 is 0 Å². The van der Waals surface area contributed by atoms with Crippen LogP contribution in [0.25, 0.3) is 11.1 Å². The fourth-order valence-electron chi connectivity index (χ4n) is 3.40. The van der Waals surface area contributed by atoms with Crippen LogP contribution in [0.15, 0.2) is 36.4 Å². The van der Waals surface area contributed by atoms with Gasteiger partial charge in [-0.1, -0.05) is 18.2 Å². The standard InChI is InChI=1S/C18H19N3O/c1-20-7-9-21(10-8-20)12-5-6-13-14-3-2-4-16(19)17(14)18(22)15(13)11-12/h2-6,11H,7-10,19H2,1H3. The molecule has 0 spiro atoms. The zero-order valence-electron chi connectivity index (χ0n) is 12.7. The van der Waals surface area contributed by atoms with Crippen molar-refractivity contribution in [2.24, 2.45) is 0 Å². The first kappa shape index (κ1) is 13.3. The largest absolute Gasteiger partial charge is 0.398 e. The van der Waals surface area contributed by atoms with E-state index in [1.165, 1.54) is 0 Å². The highest BCUT2D eigenvalue weighted by molar-refractivity contribution is 6.24. The Kier molecular flexibility index (Phi) is 2.94. The molecule has 4 rings (SSSR count). The van der Waals surface area contributed by atoms with E-state index in [0.29, 0.717) is 11.3 Å². The number of nitrogens with two attached hydrogens (primary N) is 1. The van der Waals surface area contributed by atoms with Gasteiger partial charge in [0.2, 0.25) is 0 Å². The van der Waals surface area contributed by atoms with Crippen molar-refractivity contribution in [3.05, 3.63) is 47.5 Å². The summed E-state index contributed by atoms with van der Waals surface area (Å²) in [6, 6.07) is 11.9. The monoisotopic (exact) mass is 293 g/mol. The number of nitrogen functional groups attached to an aromatic ring is 1. The summed E-state index contributed by atoms with van der Waals surface area (Å²) in [5.74, 6) is 0.0547. The third-order valence-electron chi connectivity index (χ3n) is 4.73. The average Bonchev–Trinajstić information content (AvgIpc) is 2.82. The Hall–Kier alpha value is -2.33. The summed E-state index contributed by atoms with van der Waals surface area (Å²) in [7, 11) is 2.14. The van der Waals surface area contributed by atoms with Crippen LogP contribution in [0.1, 0.15) is 15.9 Å². The van der Waals surface area contributed by atoms with Crippen LogP contribution in [0, 0.1) is 0 Å². The van der Waals surface area contributed by atoms with Gasteiger partial charge in [-0.05, 0) is 36.4 Å². The van der Waals surface area contributed by atoms with Crippen LogP contribution >= 0.6 is 0 Å². The molecule has 1 saturated heterocycles. The molecule has 1 aliphatic carbocycles. The van der Waals surface area contributed by atoms with E-state index in [1.807, 2.05) is 18.2 Å². The number of fused-ring (bicyclic) bond motifs is 3. The lowest BCUT2D eigenvalue weighted by Crippen LogP contribution is -2.44. The Labute approximate surface area is 130 Å². The molecular weight excluding hydrogens is 274 g/mol. The SMILES string of the molecule is CN1CCN(c2ccc3c(c2)C(=O)c2c(N)cccc2-3)CC1. The van der Waals surface area contributed by atoms with Crippen molar-refractivity contribution in [2.45, 2.75) is 0 Å². The van der Waals surface area contributed by atoms with Gasteiger partial charge >= 0.3 is 0 Å². The van der Waals surface area contributed by atoms with E-state index in [2.05, 4.69) is 29.0 Å². The summed E-state index contributed by atoms with van der Waals surface area (Å²) < 4.78 is 0. The third-order valence-corrected chi connectivity index (χ3v) is 4.73. The number of carbonyl (C=O) groups is 1. The number of hydrogen-bond donors (Lipinski definition) is 1. The Bertz CT molecular complexity index is 761. The van der Waals surface area contributed by atoms with E-state index < -0.39 is 0 Å². The van der Waals surface area contributed by atoms with Crippen molar-refractivity contribution < 1.29 is 4.79 Å². The Balaban J connectivity index is 1.74. The molecule has 2 N–H and O–H groups in total. The fraction of sp³-hybridized carbons (Fsp3) is 0.278. The molecule has 112 valence electrons. The molecule has 0 radical (unpaired) electrons. The number of anilines is 2. The van der Waals surface area contributed by atoms with Gasteiger partial charge in [-0.3, -0.25) is 4.79 Å². The minimum atomic E-state index is 0.0547. The molecule has 1 aliphatic heterocycles. The number of carbonyl (C=O) groups excluding carboxylic acids is 1. The van der Waals surface area contributed by atoms with Crippen molar-refractivity contribution in [2.75, 3.05) is 43.9 Å². The van der Waals surface area contributed by atoms with Gasteiger partial charge in [0, 0.05) is 43.1 Å². The summed E-state index contributed by atoms with van der Waals surface area (Å²) in [5, 5.41) is 0. The molecule has 2 aromatic rings. The second-order valence-corrected chi connectivity index (χ2v) is 6.12. The maximum absolute atomic E-state index is 12.7. The number of hydrogen-bond acceptors (Lipinski definition) is 4. The first-order chi connectivity index (χ1) is 10.6. The average molecular weight is 293 g/mol. The quantitative estimate of drug-likeness (QED) is 0.699. The number of ketones is 1. The van der Waals surface area contributed by atoms with Crippen LogP contribution in [-0.2, 0) is 0 Å². The van der Waals surface area contributed by atoms with Gasteiger partial charge in [0.1, 0.15) is 0 Å². The summed E-state index contributed by atoms with van der Waals surface area (Å²) in [5.41, 5.74) is 11.1. The van der Waals surface area contributed by atoms with E-state index in [0.717, 1.165) is 48.6 Å². The number of benzene rings is 2. The molecule has 0 atom stereocenters. The van der Waals surface area contributed by atoms with Crippen molar-refractivity contribution in [3.8, 4) is 11.1 Å². The highest BCUT2D eigenvalue weighted by Gasteiger charge is 2.29. The van der Waals surface area contributed by atoms with Crippen LogP contribution in [0.2, 0.25) is 0 Å². The van der Waals surface area contributed by atoms with Crippen LogP contribution in [0.3, 0.4) is 0 Å². The molecule has 2 aliphatic rings. The first-order valence-electron chi connectivity index (χ1n) is 7.66. The lowest BCUT2D eigenvalue weighted by molar-refractivity contribution is 0.104. The summed E-state index contributed by atoms with van der Waals surface area (Å²) in [6.45, 7) is 4.10. The van der Waals surface area contributed by atoms with E-state index in [4.69, 9.17) is 5.73 Å². The Morgan fingerprint density at radius 2 is 1.73 bits per heavy atom. The third kappa shape index (κ3) is 1.91. The second kappa shape index (κ2) is 4.85. The van der Waals surface area contributed by atoms with E-state index in [1.54, 1.807) is 6.07 Å². The van der Waals surface area contributed by atoms with Gasteiger partial charge in [0.05, 0.1) is 5.56 Å².